The molecule has 0 atom stereocenters. The largest absolute Gasteiger partial charge is 0.476 e. The molecule has 4 nitrogen and oxygen atoms in total. The molecule has 132 valence electrons. The highest BCUT2D eigenvalue weighted by molar-refractivity contribution is 5.87. The van der Waals surface area contributed by atoms with Gasteiger partial charge < -0.3 is 9.63 Å². The summed E-state index contributed by atoms with van der Waals surface area (Å²) in [6.07, 6.45) is 4.38. The highest BCUT2D eigenvalue weighted by atomic mass is 16.5. The van der Waals surface area contributed by atoms with Crippen LogP contribution in [0.4, 0.5) is 0 Å². The number of fused-ring (bicyclic) bond motifs is 1. The zero-order valence-corrected chi connectivity index (χ0v) is 15.5. The summed E-state index contributed by atoms with van der Waals surface area (Å²) in [6, 6.07) is 8.08. The third kappa shape index (κ3) is 3.26. The maximum absolute atomic E-state index is 10.9. The summed E-state index contributed by atoms with van der Waals surface area (Å²) in [7, 11) is 0. The van der Waals surface area contributed by atoms with Crippen LogP contribution in [0.5, 0.6) is 0 Å². The van der Waals surface area contributed by atoms with Crippen LogP contribution < -0.4 is 0 Å². The molecule has 1 aliphatic carbocycles. The zero-order chi connectivity index (χ0) is 18.4. The Bertz CT molecular complexity index is 856. The molecule has 0 saturated carbocycles. The molecule has 0 fully saturated rings. The van der Waals surface area contributed by atoms with Gasteiger partial charge in [-0.15, -0.1) is 0 Å². The summed E-state index contributed by atoms with van der Waals surface area (Å²) in [5, 5.41) is 12.5. The standard InChI is InChI=1S/C21H25NO3/c1-13(18-12-17(19(23)24)22-25-18)10-14-6-7-15-16(11-14)21(4,5)9-8-20(15,2)3/h6-7,10-12H,8-9H2,1-5H3,(H,23,24). The molecule has 0 unspecified atom stereocenters. The van der Waals surface area contributed by atoms with Gasteiger partial charge in [-0.2, -0.15) is 0 Å². The van der Waals surface area contributed by atoms with E-state index in [-0.39, 0.29) is 16.5 Å². The summed E-state index contributed by atoms with van der Waals surface area (Å²) >= 11 is 0. The van der Waals surface area contributed by atoms with Crippen LogP contribution in [0.3, 0.4) is 0 Å². The monoisotopic (exact) mass is 339 g/mol. The molecule has 1 aromatic heterocycles. The van der Waals surface area contributed by atoms with Crippen LogP contribution in [0, 0.1) is 0 Å². The van der Waals surface area contributed by atoms with Crippen molar-refractivity contribution in [1.29, 1.82) is 0 Å². The molecule has 1 N–H and O–H groups in total. The quantitative estimate of drug-likeness (QED) is 0.826. The molecular formula is C21H25NO3. The van der Waals surface area contributed by atoms with E-state index in [9.17, 15) is 4.79 Å². The summed E-state index contributed by atoms with van der Waals surface area (Å²) < 4.78 is 5.15. The topological polar surface area (TPSA) is 63.3 Å². The smallest absolute Gasteiger partial charge is 0.358 e. The van der Waals surface area contributed by atoms with Crippen LogP contribution >= 0.6 is 0 Å². The average Bonchev–Trinajstić information content (AvgIpc) is 3.02. The van der Waals surface area contributed by atoms with Gasteiger partial charge in [-0.05, 0) is 58.9 Å². The van der Waals surface area contributed by atoms with E-state index < -0.39 is 5.97 Å². The predicted molar refractivity (Wildman–Crippen MR) is 98.7 cm³/mol. The van der Waals surface area contributed by atoms with Crippen molar-refractivity contribution in [3.05, 3.63) is 52.4 Å². The van der Waals surface area contributed by atoms with Crippen molar-refractivity contribution in [1.82, 2.24) is 5.16 Å². The van der Waals surface area contributed by atoms with E-state index in [0.717, 1.165) is 11.1 Å². The third-order valence-corrected chi connectivity index (χ3v) is 5.38. The Balaban J connectivity index is 2.00. The molecular weight excluding hydrogens is 314 g/mol. The molecule has 0 saturated heterocycles. The molecule has 25 heavy (non-hydrogen) atoms. The van der Waals surface area contributed by atoms with Gasteiger partial charge in [0.2, 0.25) is 0 Å². The van der Waals surface area contributed by atoms with Gasteiger partial charge in [0.25, 0.3) is 0 Å². The molecule has 0 bridgehead atoms. The molecule has 1 aliphatic rings. The number of carboxylic acids is 1. The maximum Gasteiger partial charge on any atom is 0.358 e. The zero-order valence-electron chi connectivity index (χ0n) is 15.5. The normalized spacial score (nSPS) is 18.7. The van der Waals surface area contributed by atoms with Crippen LogP contribution in [0.15, 0.2) is 28.8 Å². The summed E-state index contributed by atoms with van der Waals surface area (Å²) in [4.78, 5) is 10.9. The Morgan fingerprint density at radius 3 is 2.36 bits per heavy atom. The molecule has 1 heterocycles. The van der Waals surface area contributed by atoms with Gasteiger partial charge in [0.15, 0.2) is 11.5 Å². The van der Waals surface area contributed by atoms with Crippen LogP contribution in [0.25, 0.3) is 11.6 Å². The first-order valence-corrected chi connectivity index (χ1v) is 8.64. The van der Waals surface area contributed by atoms with E-state index in [2.05, 4.69) is 51.1 Å². The molecule has 2 aromatic rings. The van der Waals surface area contributed by atoms with Crippen molar-refractivity contribution >= 4 is 17.6 Å². The number of rotatable bonds is 3. The maximum atomic E-state index is 10.9. The van der Waals surface area contributed by atoms with Gasteiger partial charge in [-0.25, -0.2) is 4.79 Å². The molecule has 0 radical (unpaired) electrons. The number of allylic oxidation sites excluding steroid dienone is 1. The van der Waals surface area contributed by atoms with Crippen molar-refractivity contribution in [2.24, 2.45) is 0 Å². The van der Waals surface area contributed by atoms with Gasteiger partial charge in [0, 0.05) is 6.07 Å². The predicted octanol–water partition coefficient (Wildman–Crippen LogP) is 5.28. The van der Waals surface area contributed by atoms with Crippen molar-refractivity contribution in [3.8, 4) is 0 Å². The fourth-order valence-corrected chi connectivity index (χ4v) is 3.58. The second-order valence-corrected chi connectivity index (χ2v) is 8.28. The number of benzene rings is 1. The molecule has 3 rings (SSSR count). The number of hydrogen-bond acceptors (Lipinski definition) is 3. The highest BCUT2D eigenvalue weighted by Crippen LogP contribution is 2.46. The molecule has 0 amide bonds. The number of nitrogens with zero attached hydrogens (tertiary/aromatic N) is 1. The third-order valence-electron chi connectivity index (χ3n) is 5.38. The Morgan fingerprint density at radius 2 is 1.76 bits per heavy atom. The SMILES string of the molecule is CC(=Cc1ccc2c(c1)C(C)(C)CCC2(C)C)c1cc(C(=O)O)no1. The van der Waals surface area contributed by atoms with Crippen LogP contribution in [-0.2, 0) is 10.8 Å². The summed E-state index contributed by atoms with van der Waals surface area (Å²) in [5.41, 5.74) is 5.05. The fourth-order valence-electron chi connectivity index (χ4n) is 3.58. The van der Waals surface area contributed by atoms with E-state index in [1.807, 2.05) is 13.0 Å². The van der Waals surface area contributed by atoms with Crippen molar-refractivity contribution < 1.29 is 14.4 Å². The lowest BCUT2D eigenvalue weighted by atomic mass is 9.63. The van der Waals surface area contributed by atoms with E-state index in [4.69, 9.17) is 9.63 Å². The Hall–Kier alpha value is -2.36. The minimum atomic E-state index is -1.08. The summed E-state index contributed by atoms with van der Waals surface area (Å²) in [5.74, 6) is -0.602. The first kappa shape index (κ1) is 17.5. The molecule has 4 heteroatoms. The van der Waals surface area contributed by atoms with Crippen molar-refractivity contribution in [2.45, 2.75) is 58.3 Å². The van der Waals surface area contributed by atoms with E-state index in [1.165, 1.54) is 30.0 Å². The number of carbonyl (C=O) groups is 1. The second-order valence-electron chi connectivity index (χ2n) is 8.28. The second kappa shape index (κ2) is 5.87. The molecule has 0 aliphatic heterocycles. The van der Waals surface area contributed by atoms with Crippen LogP contribution in [-0.4, -0.2) is 16.2 Å². The van der Waals surface area contributed by atoms with Crippen LogP contribution in [0.1, 0.15) is 80.4 Å². The Kier molecular flexibility index (Phi) is 4.10. The number of aromatic carboxylic acids is 1. The van der Waals surface area contributed by atoms with E-state index >= 15 is 0 Å². The Morgan fingerprint density at radius 1 is 1.12 bits per heavy atom. The lowest BCUT2D eigenvalue weighted by Crippen LogP contribution is -2.33. The van der Waals surface area contributed by atoms with E-state index in [0.29, 0.717) is 5.76 Å². The summed E-state index contributed by atoms with van der Waals surface area (Å²) in [6.45, 7) is 11.1. The molecule has 0 spiro atoms. The van der Waals surface area contributed by atoms with Crippen molar-refractivity contribution in [3.63, 3.8) is 0 Å². The fraction of sp³-hybridized carbons (Fsp3) is 0.429. The molecule has 1 aromatic carbocycles. The lowest BCUT2D eigenvalue weighted by Gasteiger charge is -2.42. The van der Waals surface area contributed by atoms with Gasteiger partial charge in [-0.1, -0.05) is 51.1 Å². The minimum absolute atomic E-state index is 0.0731. The number of hydrogen-bond donors (Lipinski definition) is 1. The van der Waals surface area contributed by atoms with Crippen molar-refractivity contribution in [2.75, 3.05) is 0 Å². The van der Waals surface area contributed by atoms with Crippen LogP contribution in [0.2, 0.25) is 0 Å². The number of carboxylic acid groups (broad SMARTS) is 1. The Labute approximate surface area is 148 Å². The van der Waals surface area contributed by atoms with Gasteiger partial charge in [0.1, 0.15) is 0 Å². The lowest BCUT2D eigenvalue weighted by molar-refractivity contribution is 0.0685. The first-order valence-electron chi connectivity index (χ1n) is 8.64. The highest BCUT2D eigenvalue weighted by Gasteiger charge is 2.36. The van der Waals surface area contributed by atoms with Gasteiger partial charge in [0.05, 0.1) is 0 Å². The average molecular weight is 339 g/mol. The van der Waals surface area contributed by atoms with Gasteiger partial charge in [-0.3, -0.25) is 0 Å². The minimum Gasteiger partial charge on any atom is -0.476 e. The van der Waals surface area contributed by atoms with E-state index in [1.54, 1.807) is 0 Å². The van der Waals surface area contributed by atoms with Gasteiger partial charge >= 0.3 is 5.97 Å². The number of aromatic nitrogens is 1. The first-order chi connectivity index (χ1) is 11.6.